The van der Waals surface area contributed by atoms with Crippen molar-refractivity contribution in [2.45, 2.75) is 6.54 Å². The summed E-state index contributed by atoms with van der Waals surface area (Å²) in [7, 11) is 3.37. The molecular weight excluding hydrogens is 274 g/mol. The Hall–Kier alpha value is -2.43. The predicted molar refractivity (Wildman–Crippen MR) is 78.1 cm³/mol. The Morgan fingerprint density at radius 2 is 1.86 bits per heavy atom. The van der Waals surface area contributed by atoms with Crippen LogP contribution in [0, 0.1) is 11.6 Å². The number of benzene rings is 2. The van der Waals surface area contributed by atoms with Crippen molar-refractivity contribution < 1.29 is 13.6 Å². The lowest BCUT2D eigenvalue weighted by Crippen LogP contribution is -2.21. The Kier molecular flexibility index (Phi) is 4.52. The molecule has 21 heavy (non-hydrogen) atoms. The maximum atomic E-state index is 13.1. The first-order valence-corrected chi connectivity index (χ1v) is 6.47. The molecule has 0 saturated carbocycles. The van der Waals surface area contributed by atoms with Crippen molar-refractivity contribution in [1.82, 2.24) is 4.90 Å². The molecule has 0 fully saturated rings. The van der Waals surface area contributed by atoms with Crippen LogP contribution in [0.5, 0.6) is 0 Å². The molecule has 0 radical (unpaired) electrons. The molecule has 1 amide bonds. The Morgan fingerprint density at radius 3 is 2.52 bits per heavy atom. The highest BCUT2D eigenvalue weighted by atomic mass is 19.2. The molecule has 0 aliphatic rings. The number of hydrogen-bond acceptors (Lipinski definition) is 2. The van der Waals surface area contributed by atoms with E-state index in [4.69, 9.17) is 0 Å². The minimum atomic E-state index is -0.870. The molecule has 0 aromatic heterocycles. The molecule has 0 unspecified atom stereocenters. The lowest BCUT2D eigenvalue weighted by Gasteiger charge is -2.12. The normalized spacial score (nSPS) is 10.3. The number of nitrogens with zero attached hydrogens (tertiary/aromatic N) is 1. The van der Waals surface area contributed by atoms with Crippen LogP contribution in [0.2, 0.25) is 0 Å². The number of nitrogens with one attached hydrogen (secondary N) is 1. The highest BCUT2D eigenvalue weighted by Crippen LogP contribution is 2.14. The van der Waals surface area contributed by atoms with Crippen LogP contribution in [0.3, 0.4) is 0 Å². The Balaban J connectivity index is 2.08. The van der Waals surface area contributed by atoms with Crippen LogP contribution in [-0.4, -0.2) is 24.9 Å². The third-order valence-corrected chi connectivity index (χ3v) is 3.00. The van der Waals surface area contributed by atoms with Gasteiger partial charge in [0.2, 0.25) is 0 Å². The number of hydrogen-bond donors (Lipinski definition) is 1. The number of anilines is 1. The summed E-state index contributed by atoms with van der Waals surface area (Å²) in [6.07, 6.45) is 0. The second-order valence-electron chi connectivity index (χ2n) is 4.88. The highest BCUT2D eigenvalue weighted by molar-refractivity contribution is 5.94. The first-order valence-electron chi connectivity index (χ1n) is 6.47. The van der Waals surface area contributed by atoms with Gasteiger partial charge in [-0.15, -0.1) is 0 Å². The van der Waals surface area contributed by atoms with E-state index in [1.165, 1.54) is 11.0 Å². The SMILES string of the molecule is CN(C)C(=O)c1cccc(NCc2ccc(F)c(F)c2)c1. The molecule has 2 rings (SSSR count). The highest BCUT2D eigenvalue weighted by Gasteiger charge is 2.08. The van der Waals surface area contributed by atoms with Gasteiger partial charge in [0, 0.05) is 31.9 Å². The molecule has 0 aliphatic carbocycles. The maximum Gasteiger partial charge on any atom is 0.253 e. The molecular formula is C16H16F2N2O. The summed E-state index contributed by atoms with van der Waals surface area (Å²) >= 11 is 0. The molecule has 0 atom stereocenters. The van der Waals surface area contributed by atoms with Gasteiger partial charge in [0.25, 0.3) is 5.91 Å². The summed E-state index contributed by atoms with van der Waals surface area (Å²) in [5.74, 6) is -1.82. The lowest BCUT2D eigenvalue weighted by molar-refractivity contribution is 0.0827. The fourth-order valence-corrected chi connectivity index (χ4v) is 1.87. The fourth-order valence-electron chi connectivity index (χ4n) is 1.87. The van der Waals surface area contributed by atoms with Crippen LogP contribution in [-0.2, 0) is 6.54 Å². The second kappa shape index (κ2) is 6.35. The van der Waals surface area contributed by atoms with Gasteiger partial charge in [0.1, 0.15) is 0 Å². The van der Waals surface area contributed by atoms with Crippen LogP contribution >= 0.6 is 0 Å². The third-order valence-electron chi connectivity index (χ3n) is 3.00. The van der Waals surface area contributed by atoms with Crippen molar-refractivity contribution in [3.63, 3.8) is 0 Å². The van der Waals surface area contributed by atoms with Gasteiger partial charge in [-0.3, -0.25) is 4.79 Å². The van der Waals surface area contributed by atoms with Crippen molar-refractivity contribution in [2.24, 2.45) is 0 Å². The smallest absolute Gasteiger partial charge is 0.253 e. The van der Waals surface area contributed by atoms with E-state index in [1.807, 2.05) is 6.07 Å². The van der Waals surface area contributed by atoms with Crippen molar-refractivity contribution in [2.75, 3.05) is 19.4 Å². The van der Waals surface area contributed by atoms with Crippen molar-refractivity contribution >= 4 is 11.6 Å². The molecule has 0 aliphatic heterocycles. The standard InChI is InChI=1S/C16H16F2N2O/c1-20(2)16(21)12-4-3-5-13(9-12)19-10-11-6-7-14(17)15(18)8-11/h3-9,19H,10H2,1-2H3. The van der Waals surface area contributed by atoms with Crippen molar-refractivity contribution in [3.8, 4) is 0 Å². The van der Waals surface area contributed by atoms with E-state index in [9.17, 15) is 13.6 Å². The Labute approximate surface area is 122 Å². The van der Waals surface area contributed by atoms with Gasteiger partial charge in [-0.1, -0.05) is 12.1 Å². The van der Waals surface area contributed by atoms with Gasteiger partial charge < -0.3 is 10.2 Å². The van der Waals surface area contributed by atoms with Crippen molar-refractivity contribution in [3.05, 3.63) is 65.2 Å². The minimum absolute atomic E-state index is 0.0912. The van der Waals surface area contributed by atoms with Gasteiger partial charge in [0.05, 0.1) is 0 Å². The van der Waals surface area contributed by atoms with Gasteiger partial charge in [0.15, 0.2) is 11.6 Å². The lowest BCUT2D eigenvalue weighted by atomic mass is 10.1. The molecule has 1 N–H and O–H groups in total. The third kappa shape index (κ3) is 3.78. The van der Waals surface area contributed by atoms with Gasteiger partial charge >= 0.3 is 0 Å². The summed E-state index contributed by atoms with van der Waals surface area (Å²) in [5, 5.41) is 3.08. The van der Waals surface area contributed by atoms with E-state index in [2.05, 4.69) is 5.32 Å². The van der Waals surface area contributed by atoms with Crippen LogP contribution in [0.1, 0.15) is 15.9 Å². The quantitative estimate of drug-likeness (QED) is 0.937. The number of carbonyl (C=O) groups is 1. The number of amides is 1. The molecule has 0 spiro atoms. The number of halogens is 2. The zero-order valence-electron chi connectivity index (χ0n) is 11.9. The van der Waals surface area contributed by atoms with Gasteiger partial charge in [-0.05, 0) is 35.9 Å². The maximum absolute atomic E-state index is 13.1. The summed E-state index contributed by atoms with van der Waals surface area (Å²) in [6.45, 7) is 0.344. The zero-order chi connectivity index (χ0) is 15.4. The predicted octanol–water partition coefficient (Wildman–Crippen LogP) is 3.28. The number of rotatable bonds is 4. The van der Waals surface area contributed by atoms with Gasteiger partial charge in [-0.2, -0.15) is 0 Å². The second-order valence-corrected chi connectivity index (χ2v) is 4.88. The zero-order valence-corrected chi connectivity index (χ0v) is 11.9. The molecule has 5 heteroatoms. The van der Waals surface area contributed by atoms with E-state index >= 15 is 0 Å². The largest absolute Gasteiger partial charge is 0.381 e. The van der Waals surface area contributed by atoms with Crippen LogP contribution in [0.15, 0.2) is 42.5 Å². The summed E-state index contributed by atoms with van der Waals surface area (Å²) in [6, 6.07) is 10.8. The molecule has 0 saturated heterocycles. The molecule has 0 heterocycles. The Bertz CT molecular complexity index is 656. The molecule has 2 aromatic rings. The summed E-state index contributed by atoms with van der Waals surface area (Å²) < 4.78 is 26.0. The van der Waals surface area contributed by atoms with E-state index in [-0.39, 0.29) is 5.91 Å². The van der Waals surface area contributed by atoms with E-state index < -0.39 is 11.6 Å². The van der Waals surface area contributed by atoms with E-state index in [0.29, 0.717) is 17.7 Å². The molecule has 110 valence electrons. The summed E-state index contributed by atoms with van der Waals surface area (Å²) in [5.41, 5.74) is 1.93. The first kappa shape index (κ1) is 15.0. The average molecular weight is 290 g/mol. The number of carbonyl (C=O) groups excluding carboxylic acids is 1. The first-order chi connectivity index (χ1) is 9.97. The van der Waals surface area contributed by atoms with Crippen LogP contribution < -0.4 is 5.32 Å². The Morgan fingerprint density at radius 1 is 1.10 bits per heavy atom. The molecule has 0 bridgehead atoms. The van der Waals surface area contributed by atoms with E-state index in [1.54, 1.807) is 32.3 Å². The van der Waals surface area contributed by atoms with Crippen molar-refractivity contribution in [1.29, 1.82) is 0 Å². The average Bonchev–Trinajstić information content (AvgIpc) is 2.48. The summed E-state index contributed by atoms with van der Waals surface area (Å²) in [4.78, 5) is 13.4. The fraction of sp³-hybridized carbons (Fsp3) is 0.188. The minimum Gasteiger partial charge on any atom is -0.381 e. The molecule has 3 nitrogen and oxygen atoms in total. The van der Waals surface area contributed by atoms with Gasteiger partial charge in [-0.25, -0.2) is 8.78 Å². The topological polar surface area (TPSA) is 32.3 Å². The van der Waals surface area contributed by atoms with E-state index in [0.717, 1.165) is 17.8 Å². The molecule has 2 aromatic carbocycles. The van der Waals surface area contributed by atoms with Crippen LogP contribution in [0.25, 0.3) is 0 Å². The monoisotopic (exact) mass is 290 g/mol. The van der Waals surface area contributed by atoms with Crippen LogP contribution in [0.4, 0.5) is 14.5 Å².